The van der Waals surface area contributed by atoms with Gasteiger partial charge in [0.1, 0.15) is 5.69 Å². The lowest BCUT2D eigenvalue weighted by atomic mass is 10.1. The van der Waals surface area contributed by atoms with E-state index < -0.39 is 11.7 Å². The number of nitrogens with zero attached hydrogens (tertiary/aromatic N) is 1. The minimum absolute atomic E-state index is 0.00221. The number of thiophene rings is 1. The molecule has 1 N–H and O–H groups in total. The van der Waals surface area contributed by atoms with Gasteiger partial charge in [-0.05, 0) is 54.4 Å². The first-order chi connectivity index (χ1) is 14.7. The van der Waals surface area contributed by atoms with E-state index >= 15 is 0 Å². The molecule has 0 fully saturated rings. The molecule has 2 heterocycles. The first kappa shape index (κ1) is 21.5. The van der Waals surface area contributed by atoms with Crippen molar-refractivity contribution >= 4 is 39.1 Å². The number of fused-ring (bicyclic) bond motifs is 1. The molecule has 2 aromatic heterocycles. The summed E-state index contributed by atoms with van der Waals surface area (Å²) >= 11 is 7.69. The number of carbonyl (C=O) groups excluding carboxylic acids is 1. The van der Waals surface area contributed by atoms with Crippen molar-refractivity contribution in [2.45, 2.75) is 26.2 Å². The second kappa shape index (κ2) is 8.40. The molecule has 0 radical (unpaired) electrons. The molecule has 1 amide bonds. The Bertz CT molecular complexity index is 1260. The van der Waals surface area contributed by atoms with E-state index in [9.17, 15) is 18.0 Å². The number of rotatable bonds is 5. The van der Waals surface area contributed by atoms with Crippen LogP contribution in [0.25, 0.3) is 10.2 Å². The molecule has 8 heteroatoms. The van der Waals surface area contributed by atoms with E-state index in [1.807, 2.05) is 41.8 Å². The lowest BCUT2D eigenvalue weighted by Gasteiger charge is -2.12. The molecule has 0 aliphatic rings. The Kier molecular flexibility index (Phi) is 5.81. The van der Waals surface area contributed by atoms with Crippen LogP contribution in [-0.4, -0.2) is 10.5 Å². The summed E-state index contributed by atoms with van der Waals surface area (Å²) in [6.45, 7) is 2.45. The first-order valence-electron chi connectivity index (χ1n) is 9.49. The zero-order valence-corrected chi connectivity index (χ0v) is 18.0. The maximum absolute atomic E-state index is 13.0. The van der Waals surface area contributed by atoms with Crippen LogP contribution >= 0.6 is 22.9 Å². The van der Waals surface area contributed by atoms with Crippen LogP contribution in [-0.2, 0) is 19.3 Å². The van der Waals surface area contributed by atoms with Crippen molar-refractivity contribution in [3.63, 3.8) is 0 Å². The minimum atomic E-state index is -4.42. The van der Waals surface area contributed by atoms with Crippen molar-refractivity contribution in [2.24, 2.45) is 0 Å². The molecule has 0 atom stereocenters. The van der Waals surface area contributed by atoms with Crippen molar-refractivity contribution in [2.75, 3.05) is 0 Å². The molecule has 0 bridgehead atoms. The minimum Gasteiger partial charge on any atom is -0.347 e. The Balaban J connectivity index is 1.60. The lowest BCUT2D eigenvalue weighted by molar-refractivity contribution is -0.137. The Hall–Kier alpha value is -2.77. The van der Waals surface area contributed by atoms with Gasteiger partial charge < -0.3 is 9.88 Å². The smallest absolute Gasteiger partial charge is 0.347 e. The quantitative estimate of drug-likeness (QED) is 0.353. The van der Waals surface area contributed by atoms with Crippen molar-refractivity contribution in [1.82, 2.24) is 9.88 Å². The molecule has 0 aliphatic carbocycles. The van der Waals surface area contributed by atoms with E-state index in [1.54, 1.807) is 23.5 Å². The fourth-order valence-electron chi connectivity index (χ4n) is 3.47. The molecule has 3 nitrogen and oxygen atoms in total. The third kappa shape index (κ3) is 4.78. The van der Waals surface area contributed by atoms with Crippen LogP contribution in [0, 0.1) is 6.92 Å². The van der Waals surface area contributed by atoms with E-state index in [-0.39, 0.29) is 12.5 Å². The second-order valence-electron chi connectivity index (χ2n) is 7.23. The fourth-order valence-corrected chi connectivity index (χ4v) is 4.65. The molecule has 31 heavy (non-hydrogen) atoms. The van der Waals surface area contributed by atoms with Crippen LogP contribution in [0.5, 0.6) is 0 Å². The van der Waals surface area contributed by atoms with Crippen molar-refractivity contribution in [3.05, 3.63) is 92.9 Å². The molecular formula is C23H18ClF3N2OS. The summed E-state index contributed by atoms with van der Waals surface area (Å²) in [5.41, 5.74) is 1.98. The van der Waals surface area contributed by atoms with Crippen LogP contribution in [0.3, 0.4) is 0 Å². The largest absolute Gasteiger partial charge is 0.416 e. The number of aryl methyl sites for hydroxylation is 1. The summed E-state index contributed by atoms with van der Waals surface area (Å²) in [6.07, 6.45) is -4.42. The third-order valence-electron chi connectivity index (χ3n) is 4.88. The van der Waals surface area contributed by atoms with Crippen LogP contribution in [0.1, 0.15) is 32.1 Å². The summed E-state index contributed by atoms with van der Waals surface area (Å²) in [5, 5.41) is 3.36. The van der Waals surface area contributed by atoms with Gasteiger partial charge in [-0.1, -0.05) is 35.9 Å². The number of nitrogens with one attached hydrogen (secondary N) is 1. The number of halogens is 4. The monoisotopic (exact) mass is 462 g/mol. The number of aromatic nitrogens is 1. The Morgan fingerprint density at radius 2 is 1.81 bits per heavy atom. The lowest BCUT2D eigenvalue weighted by Crippen LogP contribution is -2.25. The summed E-state index contributed by atoms with van der Waals surface area (Å²) in [7, 11) is 0. The third-order valence-corrected chi connectivity index (χ3v) is 6.10. The highest BCUT2D eigenvalue weighted by Gasteiger charge is 2.30. The average Bonchev–Trinajstić information content (AvgIpc) is 3.23. The van der Waals surface area contributed by atoms with Gasteiger partial charge in [-0.15, -0.1) is 11.3 Å². The van der Waals surface area contributed by atoms with Gasteiger partial charge in [-0.3, -0.25) is 4.79 Å². The van der Waals surface area contributed by atoms with E-state index in [1.165, 1.54) is 6.07 Å². The summed E-state index contributed by atoms with van der Waals surface area (Å²) < 4.78 is 41.7. The second-order valence-corrected chi connectivity index (χ2v) is 8.96. The molecule has 4 aromatic rings. The van der Waals surface area contributed by atoms with Gasteiger partial charge in [0.15, 0.2) is 0 Å². The molecule has 0 saturated carbocycles. The number of alkyl halides is 3. The van der Waals surface area contributed by atoms with Gasteiger partial charge in [0.25, 0.3) is 5.91 Å². The summed E-state index contributed by atoms with van der Waals surface area (Å²) in [6, 6.07) is 16.2. The number of hydrogen-bond acceptors (Lipinski definition) is 2. The van der Waals surface area contributed by atoms with Crippen LogP contribution < -0.4 is 5.32 Å². The first-order valence-corrected chi connectivity index (χ1v) is 10.7. The Labute approximate surface area is 186 Å². The van der Waals surface area contributed by atoms with Gasteiger partial charge in [0, 0.05) is 23.0 Å². The number of hydrogen-bond donors (Lipinski definition) is 1. The van der Waals surface area contributed by atoms with Gasteiger partial charge in [-0.25, -0.2) is 0 Å². The zero-order valence-electron chi connectivity index (χ0n) is 16.5. The normalized spacial score (nSPS) is 11.8. The maximum Gasteiger partial charge on any atom is 0.416 e. The van der Waals surface area contributed by atoms with Gasteiger partial charge >= 0.3 is 6.18 Å². The predicted octanol–water partition coefficient (Wildman–Crippen LogP) is 6.66. The standard InChI is InChI=1S/C23H18ClF3N2OS/c1-14-8-19-21(31-14)11-20(29(19)13-16-5-3-7-18(24)10-16)22(30)28-12-15-4-2-6-17(9-15)23(25,26)27/h2-11H,12-13H2,1H3,(H,28,30). The molecule has 2 aromatic carbocycles. The summed E-state index contributed by atoms with van der Waals surface area (Å²) in [4.78, 5) is 14.1. The number of benzene rings is 2. The molecule has 0 aliphatic heterocycles. The maximum atomic E-state index is 13.0. The van der Waals surface area contributed by atoms with Crippen LogP contribution in [0.4, 0.5) is 13.2 Å². The zero-order chi connectivity index (χ0) is 22.2. The van der Waals surface area contributed by atoms with Gasteiger partial charge in [-0.2, -0.15) is 13.2 Å². The highest BCUT2D eigenvalue weighted by Crippen LogP contribution is 2.31. The highest BCUT2D eigenvalue weighted by atomic mass is 35.5. The molecule has 4 rings (SSSR count). The molecule has 160 valence electrons. The Morgan fingerprint density at radius 3 is 2.55 bits per heavy atom. The topological polar surface area (TPSA) is 34.0 Å². The van der Waals surface area contributed by atoms with Crippen molar-refractivity contribution < 1.29 is 18.0 Å². The highest BCUT2D eigenvalue weighted by molar-refractivity contribution is 7.19. The number of carbonyl (C=O) groups is 1. The average molecular weight is 463 g/mol. The molecular weight excluding hydrogens is 445 g/mol. The SMILES string of the molecule is Cc1cc2c(cc(C(=O)NCc3cccc(C(F)(F)F)c3)n2Cc2cccc(Cl)c2)s1. The molecule has 0 saturated heterocycles. The van der Waals surface area contributed by atoms with Crippen molar-refractivity contribution in [3.8, 4) is 0 Å². The Morgan fingerprint density at radius 1 is 1.06 bits per heavy atom. The predicted molar refractivity (Wildman–Crippen MR) is 118 cm³/mol. The number of amides is 1. The molecule has 0 spiro atoms. The van der Waals surface area contributed by atoms with E-state index in [0.29, 0.717) is 22.8 Å². The molecule has 0 unspecified atom stereocenters. The van der Waals surface area contributed by atoms with Crippen molar-refractivity contribution in [1.29, 1.82) is 0 Å². The van der Waals surface area contributed by atoms with Crippen LogP contribution in [0.2, 0.25) is 5.02 Å². The van der Waals surface area contributed by atoms with E-state index in [4.69, 9.17) is 11.6 Å². The summed E-state index contributed by atoms with van der Waals surface area (Å²) in [5.74, 6) is -0.347. The van der Waals surface area contributed by atoms with Gasteiger partial charge in [0.2, 0.25) is 0 Å². The van der Waals surface area contributed by atoms with Crippen LogP contribution in [0.15, 0.2) is 60.7 Å². The van der Waals surface area contributed by atoms with E-state index in [0.717, 1.165) is 32.8 Å². The van der Waals surface area contributed by atoms with Gasteiger partial charge in [0.05, 0.1) is 15.8 Å². The fraction of sp³-hybridized carbons (Fsp3) is 0.174. The van der Waals surface area contributed by atoms with E-state index in [2.05, 4.69) is 5.32 Å².